The van der Waals surface area contributed by atoms with Gasteiger partial charge in [0.2, 0.25) is 5.91 Å². The van der Waals surface area contributed by atoms with Crippen LogP contribution in [0.15, 0.2) is 0 Å². The zero-order valence-corrected chi connectivity index (χ0v) is 17.3. The standard InChI is InChI=1S/C18H34N2O6S/c1-5-6-10-7-11(20(3)8-10)17(25)19-12(9(2)21)16-14(23)13(22)15(24)18(26-16)27-4/h9-16,18,21-24H,5-8H2,1-4H3,(H,19,25)/t9-,10-,11+,12-,13+,14+,15-,16-,18+/m1/s1. The lowest BCUT2D eigenvalue weighted by atomic mass is 9.92. The van der Waals surface area contributed by atoms with Crippen molar-refractivity contribution in [1.29, 1.82) is 0 Å². The third-order valence-corrected chi connectivity index (χ3v) is 6.51. The molecule has 2 heterocycles. The van der Waals surface area contributed by atoms with Crippen molar-refractivity contribution < 1.29 is 30.0 Å². The summed E-state index contributed by atoms with van der Waals surface area (Å²) in [6.45, 7) is 4.48. The van der Waals surface area contributed by atoms with Crippen LogP contribution in [0.5, 0.6) is 0 Å². The summed E-state index contributed by atoms with van der Waals surface area (Å²) in [4.78, 5) is 14.9. The number of rotatable bonds is 7. The number of carbonyl (C=O) groups is 1. The second-order valence-electron chi connectivity index (χ2n) is 7.80. The Balaban J connectivity index is 2.09. The fourth-order valence-corrected chi connectivity index (χ4v) is 4.81. The number of carbonyl (C=O) groups excluding carboxylic acids is 1. The van der Waals surface area contributed by atoms with Gasteiger partial charge in [0.15, 0.2) is 0 Å². The first-order chi connectivity index (χ1) is 12.7. The van der Waals surface area contributed by atoms with Gasteiger partial charge >= 0.3 is 0 Å². The summed E-state index contributed by atoms with van der Waals surface area (Å²) in [5.41, 5.74) is -0.755. The zero-order valence-electron chi connectivity index (χ0n) is 16.5. The van der Waals surface area contributed by atoms with Crippen molar-refractivity contribution in [3.05, 3.63) is 0 Å². The molecule has 0 aromatic heterocycles. The Morgan fingerprint density at radius 3 is 2.52 bits per heavy atom. The van der Waals surface area contributed by atoms with Crippen molar-refractivity contribution in [3.8, 4) is 0 Å². The number of likely N-dealkylation sites (N-methyl/N-ethyl adjacent to an activating group) is 1. The molecule has 2 fully saturated rings. The maximum atomic E-state index is 12.8. The van der Waals surface area contributed by atoms with Crippen LogP contribution >= 0.6 is 11.8 Å². The molecule has 0 bridgehead atoms. The van der Waals surface area contributed by atoms with Gasteiger partial charge in [0, 0.05) is 6.54 Å². The van der Waals surface area contributed by atoms with Crippen molar-refractivity contribution in [3.63, 3.8) is 0 Å². The monoisotopic (exact) mass is 406 g/mol. The number of likely N-dealkylation sites (tertiary alicyclic amines) is 1. The Morgan fingerprint density at radius 2 is 1.96 bits per heavy atom. The smallest absolute Gasteiger partial charge is 0.237 e. The van der Waals surface area contributed by atoms with E-state index < -0.39 is 42.0 Å². The summed E-state index contributed by atoms with van der Waals surface area (Å²) < 4.78 is 5.72. The lowest BCUT2D eigenvalue weighted by Gasteiger charge is -2.44. The van der Waals surface area contributed by atoms with Crippen LogP contribution in [0.2, 0.25) is 0 Å². The van der Waals surface area contributed by atoms with E-state index in [2.05, 4.69) is 12.2 Å². The molecular weight excluding hydrogens is 372 g/mol. The number of aliphatic hydroxyl groups excluding tert-OH is 4. The Morgan fingerprint density at radius 1 is 1.30 bits per heavy atom. The zero-order chi connectivity index (χ0) is 20.3. The topological polar surface area (TPSA) is 122 Å². The van der Waals surface area contributed by atoms with Crippen LogP contribution in [0.25, 0.3) is 0 Å². The highest BCUT2D eigenvalue weighted by molar-refractivity contribution is 7.99. The van der Waals surface area contributed by atoms with Gasteiger partial charge in [-0.1, -0.05) is 13.3 Å². The Labute approximate surface area is 165 Å². The van der Waals surface area contributed by atoms with E-state index in [1.165, 1.54) is 18.7 Å². The quantitative estimate of drug-likeness (QED) is 0.370. The van der Waals surface area contributed by atoms with Crippen molar-refractivity contribution in [2.45, 2.75) is 81.1 Å². The highest BCUT2D eigenvalue weighted by Gasteiger charge is 2.48. The Bertz CT molecular complexity index is 494. The van der Waals surface area contributed by atoms with Gasteiger partial charge in [0.25, 0.3) is 0 Å². The molecule has 8 nitrogen and oxygen atoms in total. The number of ether oxygens (including phenoxy) is 1. The number of thioether (sulfide) groups is 1. The molecule has 27 heavy (non-hydrogen) atoms. The molecule has 0 unspecified atom stereocenters. The van der Waals surface area contributed by atoms with Crippen LogP contribution in [0, 0.1) is 5.92 Å². The van der Waals surface area contributed by atoms with Crippen LogP contribution < -0.4 is 5.32 Å². The highest BCUT2D eigenvalue weighted by atomic mass is 32.2. The normalized spacial score (nSPS) is 39.9. The molecule has 0 spiro atoms. The van der Waals surface area contributed by atoms with E-state index in [9.17, 15) is 25.2 Å². The first kappa shape index (κ1) is 22.9. The molecule has 0 saturated carbocycles. The van der Waals surface area contributed by atoms with Crippen LogP contribution in [0.4, 0.5) is 0 Å². The van der Waals surface area contributed by atoms with Crippen molar-refractivity contribution >= 4 is 17.7 Å². The molecule has 158 valence electrons. The van der Waals surface area contributed by atoms with Gasteiger partial charge in [-0.05, 0) is 39.0 Å². The first-order valence-corrected chi connectivity index (χ1v) is 10.9. The number of nitrogens with zero attached hydrogens (tertiary/aromatic N) is 1. The average molecular weight is 407 g/mol. The van der Waals surface area contributed by atoms with Gasteiger partial charge < -0.3 is 30.5 Å². The number of nitrogens with one attached hydrogen (secondary N) is 1. The molecule has 9 heteroatoms. The van der Waals surface area contributed by atoms with Crippen LogP contribution in [-0.4, -0.2) is 99.1 Å². The lowest BCUT2D eigenvalue weighted by molar-refractivity contribution is -0.211. The van der Waals surface area contributed by atoms with Gasteiger partial charge in [0.05, 0.1) is 18.2 Å². The number of amides is 1. The molecule has 2 aliphatic heterocycles. The van der Waals surface area contributed by atoms with Gasteiger partial charge in [-0.25, -0.2) is 0 Å². The summed E-state index contributed by atoms with van der Waals surface area (Å²) in [5, 5.41) is 43.5. The third kappa shape index (κ3) is 5.14. The van der Waals surface area contributed by atoms with E-state index in [1.807, 2.05) is 11.9 Å². The minimum Gasteiger partial charge on any atom is -0.391 e. The van der Waals surface area contributed by atoms with E-state index >= 15 is 0 Å². The molecule has 2 aliphatic rings. The summed E-state index contributed by atoms with van der Waals surface area (Å²) >= 11 is 1.20. The van der Waals surface area contributed by atoms with E-state index in [0.29, 0.717) is 5.92 Å². The summed E-state index contributed by atoms with van der Waals surface area (Å²) in [5.74, 6) is 0.245. The number of hydrogen-bond donors (Lipinski definition) is 5. The van der Waals surface area contributed by atoms with Crippen LogP contribution in [-0.2, 0) is 9.53 Å². The number of hydrogen-bond acceptors (Lipinski definition) is 8. The maximum Gasteiger partial charge on any atom is 0.237 e. The average Bonchev–Trinajstić information content (AvgIpc) is 2.99. The molecule has 9 atom stereocenters. The Kier molecular flexibility index (Phi) is 8.35. The highest BCUT2D eigenvalue weighted by Crippen LogP contribution is 2.30. The molecule has 1 amide bonds. The van der Waals surface area contributed by atoms with Crippen molar-refractivity contribution in [2.24, 2.45) is 5.92 Å². The summed E-state index contributed by atoms with van der Waals surface area (Å²) in [6, 6.07) is -1.20. The van der Waals surface area contributed by atoms with Crippen molar-refractivity contribution in [1.82, 2.24) is 10.2 Å². The molecule has 0 aromatic carbocycles. The van der Waals surface area contributed by atoms with E-state index in [4.69, 9.17) is 4.74 Å². The van der Waals surface area contributed by atoms with Crippen LogP contribution in [0.1, 0.15) is 33.1 Å². The third-order valence-electron chi connectivity index (χ3n) is 5.66. The first-order valence-electron chi connectivity index (χ1n) is 9.62. The predicted octanol–water partition coefficient (Wildman–Crippen LogP) is -0.857. The lowest BCUT2D eigenvalue weighted by Crippen LogP contribution is -2.65. The van der Waals surface area contributed by atoms with Gasteiger partial charge in [0.1, 0.15) is 29.9 Å². The summed E-state index contributed by atoms with van der Waals surface area (Å²) in [7, 11) is 1.91. The second kappa shape index (κ2) is 9.87. The predicted molar refractivity (Wildman–Crippen MR) is 103 cm³/mol. The SMILES string of the molecule is CCC[C@@H]1C[C@@H](C(=O)N[C@@H]([C@H]2O[C@@H](SC)[C@H](O)[C@@H](O)[C@@H]2O)[C@@H](C)O)N(C)C1. The molecule has 0 radical (unpaired) electrons. The fourth-order valence-electron chi connectivity index (χ4n) is 4.13. The van der Waals surface area contributed by atoms with E-state index in [1.54, 1.807) is 6.26 Å². The molecule has 0 aromatic rings. The van der Waals surface area contributed by atoms with Gasteiger partial charge in [-0.2, -0.15) is 0 Å². The van der Waals surface area contributed by atoms with Gasteiger partial charge in [-0.15, -0.1) is 11.8 Å². The van der Waals surface area contributed by atoms with Crippen LogP contribution in [0.3, 0.4) is 0 Å². The molecule has 2 saturated heterocycles. The van der Waals surface area contributed by atoms with Gasteiger partial charge in [-0.3, -0.25) is 9.69 Å². The number of aliphatic hydroxyl groups is 4. The summed E-state index contributed by atoms with van der Waals surface area (Å²) in [6.07, 6.45) is -1.50. The second-order valence-corrected chi connectivity index (χ2v) is 8.73. The molecule has 0 aliphatic carbocycles. The Hall–Kier alpha value is -0.420. The maximum absolute atomic E-state index is 12.8. The minimum atomic E-state index is -1.42. The molecule has 2 rings (SSSR count). The van der Waals surface area contributed by atoms with E-state index in [-0.39, 0.29) is 11.9 Å². The molecule has 5 N–H and O–H groups in total. The minimum absolute atomic E-state index is 0.223. The largest absolute Gasteiger partial charge is 0.391 e. The van der Waals surface area contributed by atoms with E-state index in [0.717, 1.165) is 25.8 Å². The molecular formula is C18H34N2O6S. The fraction of sp³-hybridized carbons (Fsp3) is 0.944. The van der Waals surface area contributed by atoms with Crippen molar-refractivity contribution in [2.75, 3.05) is 19.8 Å².